The average molecular weight is 729 g/mol. The Kier molecular flexibility index (Phi) is 9.04. The maximum absolute atomic E-state index is 16.0. The van der Waals surface area contributed by atoms with Gasteiger partial charge < -0.3 is 0 Å². The van der Waals surface area contributed by atoms with Crippen molar-refractivity contribution in [2.45, 2.75) is 63.9 Å². The van der Waals surface area contributed by atoms with Gasteiger partial charge in [-0.2, -0.15) is 18.6 Å². The number of halogens is 2. The predicted molar refractivity (Wildman–Crippen MR) is 203 cm³/mol. The van der Waals surface area contributed by atoms with Crippen LogP contribution in [0.3, 0.4) is 0 Å². The Morgan fingerprint density at radius 2 is 1.19 bits per heavy atom. The van der Waals surface area contributed by atoms with Gasteiger partial charge in [0, 0.05) is 35.1 Å². The summed E-state index contributed by atoms with van der Waals surface area (Å²) in [7, 11) is -4.40. The quantitative estimate of drug-likeness (QED) is 0.106. The largest absolute Gasteiger partial charge is 0.294 e. The average Bonchev–Trinajstić information content (AvgIpc) is 3.89. The van der Waals surface area contributed by atoms with Crippen LogP contribution in [0.4, 0.5) is 8.78 Å². The molecule has 6 aromatic rings. The SMILES string of the molecule is Cc1ccc(Cn2nc(/C(F)=C/CCC/C=C(\F)c3nn(Cc4ccc(C)cc4)c4c3Cc3cc(S(=O)(=O)O)ccc3-4)c3c2-c2ccccc2C3)cc1. The molecule has 0 atom stereocenters. The second-order valence-corrected chi connectivity index (χ2v) is 15.4. The number of rotatable bonds is 11. The summed E-state index contributed by atoms with van der Waals surface area (Å²) < 4.78 is 68.9. The van der Waals surface area contributed by atoms with Gasteiger partial charge in [0.05, 0.1) is 29.4 Å². The lowest BCUT2D eigenvalue weighted by Gasteiger charge is -2.09. The van der Waals surface area contributed by atoms with Crippen LogP contribution in [0.2, 0.25) is 0 Å². The molecule has 0 saturated heterocycles. The standard InChI is InChI=1S/C43H38F2N4O3S/c1-27-12-16-29(17-13-27)25-48-42-34-9-7-6-8-31(34)23-36(42)40(46-48)38(44)10-4-3-5-11-39(45)41-37-24-32-22-33(53(50,51)52)20-21-35(32)43(37)49(47-41)26-30-18-14-28(2)15-19-30/h6-22H,3-5,23-26H2,1-2H3,(H,50,51,52)/b38-10-,39-11-. The van der Waals surface area contributed by atoms with Crippen LogP contribution in [0.15, 0.2) is 108 Å². The van der Waals surface area contributed by atoms with Gasteiger partial charge in [0.25, 0.3) is 10.1 Å². The first-order valence-corrected chi connectivity index (χ1v) is 19.2. The molecule has 0 spiro atoms. The van der Waals surface area contributed by atoms with Crippen molar-refractivity contribution in [1.82, 2.24) is 19.6 Å². The van der Waals surface area contributed by atoms with Crippen molar-refractivity contribution < 1.29 is 21.8 Å². The van der Waals surface area contributed by atoms with Gasteiger partial charge >= 0.3 is 0 Å². The van der Waals surface area contributed by atoms with E-state index in [-0.39, 0.29) is 22.8 Å². The second kappa shape index (κ2) is 13.8. The molecule has 0 fully saturated rings. The van der Waals surface area contributed by atoms with E-state index in [1.807, 2.05) is 54.9 Å². The summed E-state index contributed by atoms with van der Waals surface area (Å²) in [6.07, 6.45) is 5.19. The highest BCUT2D eigenvalue weighted by Crippen LogP contribution is 2.43. The van der Waals surface area contributed by atoms with Crippen molar-refractivity contribution in [3.63, 3.8) is 0 Å². The molecule has 268 valence electrons. The Balaban J connectivity index is 1.01. The molecule has 8 rings (SSSR count). The third-order valence-corrected chi connectivity index (χ3v) is 11.0. The summed E-state index contributed by atoms with van der Waals surface area (Å²) in [5, 5.41) is 9.46. The lowest BCUT2D eigenvalue weighted by Crippen LogP contribution is -2.05. The van der Waals surface area contributed by atoms with E-state index in [9.17, 15) is 13.0 Å². The molecule has 53 heavy (non-hydrogen) atoms. The Hall–Kier alpha value is -5.45. The first-order valence-electron chi connectivity index (χ1n) is 17.7. The van der Waals surface area contributed by atoms with E-state index < -0.39 is 15.9 Å². The number of nitrogens with zero attached hydrogens (tertiary/aromatic N) is 4. The first kappa shape index (κ1) is 34.6. The number of fused-ring (bicyclic) bond motifs is 6. The minimum Gasteiger partial charge on any atom is -0.282 e. The van der Waals surface area contributed by atoms with Gasteiger partial charge in [0.2, 0.25) is 0 Å². The third-order valence-electron chi connectivity index (χ3n) is 10.2. The summed E-state index contributed by atoms with van der Waals surface area (Å²) in [5.74, 6) is -0.863. The number of benzene rings is 4. The van der Waals surface area contributed by atoms with Gasteiger partial charge in [0.1, 0.15) is 23.0 Å². The Labute approximate surface area is 307 Å². The summed E-state index contributed by atoms with van der Waals surface area (Å²) >= 11 is 0. The summed E-state index contributed by atoms with van der Waals surface area (Å²) in [6.45, 7) is 4.99. The van der Waals surface area contributed by atoms with Crippen molar-refractivity contribution in [2.24, 2.45) is 0 Å². The van der Waals surface area contributed by atoms with E-state index in [1.165, 1.54) is 23.8 Å². The van der Waals surface area contributed by atoms with Gasteiger partial charge in [0.15, 0.2) is 0 Å². The van der Waals surface area contributed by atoms with Gasteiger partial charge in [-0.15, -0.1) is 0 Å². The zero-order valence-corrected chi connectivity index (χ0v) is 30.3. The van der Waals surface area contributed by atoms with Crippen LogP contribution < -0.4 is 0 Å². The molecule has 2 aliphatic rings. The lowest BCUT2D eigenvalue weighted by atomic mass is 10.1. The molecule has 7 nitrogen and oxygen atoms in total. The second-order valence-electron chi connectivity index (χ2n) is 14.0. The Morgan fingerprint density at radius 1 is 0.698 bits per heavy atom. The van der Waals surface area contributed by atoms with Crippen molar-refractivity contribution >= 4 is 21.8 Å². The molecule has 0 unspecified atom stereocenters. The molecule has 0 bridgehead atoms. The molecule has 0 saturated carbocycles. The van der Waals surface area contributed by atoms with Crippen molar-refractivity contribution in [3.05, 3.63) is 159 Å². The van der Waals surface area contributed by atoms with E-state index in [4.69, 9.17) is 10.2 Å². The number of aryl methyl sites for hydroxylation is 2. The predicted octanol–water partition coefficient (Wildman–Crippen LogP) is 9.67. The molecular formula is C43H38F2N4O3S. The Bertz CT molecular complexity index is 2550. The van der Waals surface area contributed by atoms with Crippen LogP contribution in [0.5, 0.6) is 0 Å². The first-order chi connectivity index (χ1) is 25.5. The number of aromatic nitrogens is 4. The number of unbranched alkanes of at least 4 members (excludes halogenated alkanes) is 2. The molecule has 2 aliphatic carbocycles. The summed E-state index contributed by atoms with van der Waals surface area (Å²) in [4.78, 5) is -0.204. The minimum absolute atomic E-state index is 0.202. The van der Waals surface area contributed by atoms with Gasteiger partial charge in [-0.3, -0.25) is 13.9 Å². The van der Waals surface area contributed by atoms with Crippen LogP contribution in [-0.4, -0.2) is 32.5 Å². The van der Waals surface area contributed by atoms with Gasteiger partial charge in [-0.05, 0) is 79.6 Å². The Morgan fingerprint density at radius 3 is 1.72 bits per heavy atom. The van der Waals surface area contributed by atoms with Crippen molar-refractivity contribution in [2.75, 3.05) is 0 Å². The van der Waals surface area contributed by atoms with Gasteiger partial charge in [-0.25, -0.2) is 8.78 Å². The summed E-state index contributed by atoms with van der Waals surface area (Å²) in [5.41, 5.74) is 11.8. The summed E-state index contributed by atoms with van der Waals surface area (Å²) in [6, 6.07) is 28.9. The monoisotopic (exact) mass is 728 g/mol. The fourth-order valence-electron chi connectivity index (χ4n) is 7.44. The van der Waals surface area contributed by atoms with Crippen LogP contribution in [0.25, 0.3) is 34.2 Å². The van der Waals surface area contributed by atoms with E-state index in [0.29, 0.717) is 55.6 Å². The maximum atomic E-state index is 16.0. The van der Waals surface area contributed by atoms with Gasteiger partial charge in [-0.1, -0.05) is 90.0 Å². The molecule has 0 amide bonds. The number of hydrogen-bond donors (Lipinski definition) is 1. The van der Waals surface area contributed by atoms with E-state index in [0.717, 1.165) is 50.3 Å². The lowest BCUT2D eigenvalue weighted by molar-refractivity contribution is 0.483. The topological polar surface area (TPSA) is 90.0 Å². The highest BCUT2D eigenvalue weighted by atomic mass is 32.2. The fourth-order valence-corrected chi connectivity index (χ4v) is 7.98. The maximum Gasteiger partial charge on any atom is 0.294 e. The van der Waals surface area contributed by atoms with E-state index in [2.05, 4.69) is 36.4 Å². The van der Waals surface area contributed by atoms with E-state index in [1.54, 1.807) is 16.8 Å². The molecular weight excluding hydrogens is 691 g/mol. The molecule has 2 heterocycles. The zero-order chi connectivity index (χ0) is 36.9. The van der Waals surface area contributed by atoms with Crippen molar-refractivity contribution in [1.29, 1.82) is 0 Å². The van der Waals surface area contributed by atoms with Crippen LogP contribution >= 0.6 is 0 Å². The molecule has 1 N–H and O–H groups in total. The van der Waals surface area contributed by atoms with Crippen LogP contribution in [-0.2, 0) is 36.0 Å². The molecule has 4 aromatic carbocycles. The third kappa shape index (κ3) is 6.80. The fraction of sp³-hybridized carbons (Fsp3) is 0.209. The highest BCUT2D eigenvalue weighted by Gasteiger charge is 2.31. The smallest absolute Gasteiger partial charge is 0.282 e. The minimum atomic E-state index is -4.40. The molecule has 0 radical (unpaired) electrons. The molecule has 0 aliphatic heterocycles. The number of hydrogen-bond acceptors (Lipinski definition) is 4. The normalized spacial score (nSPS) is 13.6. The van der Waals surface area contributed by atoms with E-state index >= 15 is 8.78 Å². The van der Waals surface area contributed by atoms with Crippen molar-refractivity contribution in [3.8, 4) is 22.5 Å². The zero-order valence-electron chi connectivity index (χ0n) is 29.5. The van der Waals surface area contributed by atoms with Crippen LogP contribution in [0, 0.1) is 13.8 Å². The molecule has 2 aromatic heterocycles. The highest BCUT2D eigenvalue weighted by molar-refractivity contribution is 7.85. The van der Waals surface area contributed by atoms with Crippen LogP contribution in [0.1, 0.15) is 75.2 Å². The number of allylic oxidation sites excluding steroid dienone is 2. The molecule has 10 heteroatoms.